The number of para-hydroxylation sites is 1. The van der Waals surface area contributed by atoms with Gasteiger partial charge in [0.1, 0.15) is 0 Å². The molecule has 1 fully saturated rings. The van der Waals surface area contributed by atoms with Gasteiger partial charge in [-0.15, -0.1) is 0 Å². The number of ether oxygens (including phenoxy) is 2. The van der Waals surface area contributed by atoms with Gasteiger partial charge < -0.3 is 14.8 Å². The Morgan fingerprint density at radius 2 is 1.77 bits per heavy atom. The van der Waals surface area contributed by atoms with Crippen LogP contribution in [0.4, 0.5) is 5.69 Å². The summed E-state index contributed by atoms with van der Waals surface area (Å²) in [6, 6.07) is 14.3. The van der Waals surface area contributed by atoms with Crippen molar-refractivity contribution < 1.29 is 14.3 Å². The standard InChI is InChI=1S/C24H31N3O3/c1-3-18(2)20-6-4-5-7-21(20)25-24(28)16-27-12-10-26(11-13-27)15-19-8-9-22-23(14-19)30-17-29-22/h4-9,14,18H,3,10-13,15-17H2,1-2H3,(H,25,28)/t18-/m0/s1. The molecule has 0 unspecified atom stereocenters. The molecular formula is C24H31N3O3. The van der Waals surface area contributed by atoms with Crippen molar-refractivity contribution >= 4 is 11.6 Å². The van der Waals surface area contributed by atoms with Crippen molar-refractivity contribution in [2.75, 3.05) is 44.8 Å². The molecule has 0 aromatic heterocycles. The average Bonchev–Trinajstić information content (AvgIpc) is 3.23. The summed E-state index contributed by atoms with van der Waals surface area (Å²) in [5, 5.41) is 3.13. The highest BCUT2D eigenvalue weighted by Gasteiger charge is 2.21. The predicted molar refractivity (Wildman–Crippen MR) is 118 cm³/mol. The van der Waals surface area contributed by atoms with E-state index in [0.29, 0.717) is 19.3 Å². The number of nitrogens with one attached hydrogen (secondary N) is 1. The maximum absolute atomic E-state index is 12.6. The van der Waals surface area contributed by atoms with Crippen LogP contribution in [0, 0.1) is 0 Å². The van der Waals surface area contributed by atoms with Crippen LogP contribution >= 0.6 is 0 Å². The summed E-state index contributed by atoms with van der Waals surface area (Å²) in [5.74, 6) is 2.15. The molecule has 0 spiro atoms. The summed E-state index contributed by atoms with van der Waals surface area (Å²) in [6.45, 7) is 9.69. The summed E-state index contributed by atoms with van der Waals surface area (Å²) < 4.78 is 10.9. The lowest BCUT2D eigenvalue weighted by molar-refractivity contribution is -0.117. The number of amides is 1. The molecule has 1 atom stereocenters. The summed E-state index contributed by atoms with van der Waals surface area (Å²) in [6.07, 6.45) is 1.05. The van der Waals surface area contributed by atoms with E-state index in [1.165, 1.54) is 11.1 Å². The topological polar surface area (TPSA) is 54.0 Å². The van der Waals surface area contributed by atoms with Gasteiger partial charge in [-0.2, -0.15) is 0 Å². The fourth-order valence-electron chi connectivity index (χ4n) is 4.06. The molecule has 2 aromatic rings. The fraction of sp³-hybridized carbons (Fsp3) is 0.458. The fourth-order valence-corrected chi connectivity index (χ4v) is 4.06. The first kappa shape index (κ1) is 20.7. The lowest BCUT2D eigenvalue weighted by atomic mass is 9.97. The zero-order valence-corrected chi connectivity index (χ0v) is 17.9. The zero-order valence-electron chi connectivity index (χ0n) is 17.9. The number of anilines is 1. The lowest BCUT2D eigenvalue weighted by Gasteiger charge is -2.34. The smallest absolute Gasteiger partial charge is 0.238 e. The normalized spacial score (nSPS) is 17.7. The van der Waals surface area contributed by atoms with Crippen molar-refractivity contribution in [2.24, 2.45) is 0 Å². The van der Waals surface area contributed by atoms with Gasteiger partial charge in [0.15, 0.2) is 11.5 Å². The molecule has 0 aliphatic carbocycles. The summed E-state index contributed by atoms with van der Waals surface area (Å²) in [4.78, 5) is 17.3. The number of rotatable bonds is 7. The van der Waals surface area contributed by atoms with Crippen LogP contribution in [-0.4, -0.2) is 55.2 Å². The Kier molecular flexibility index (Phi) is 6.55. The number of fused-ring (bicyclic) bond motifs is 1. The molecule has 0 saturated carbocycles. The van der Waals surface area contributed by atoms with Gasteiger partial charge in [-0.3, -0.25) is 14.6 Å². The second-order valence-electron chi connectivity index (χ2n) is 8.18. The van der Waals surface area contributed by atoms with Gasteiger partial charge in [-0.25, -0.2) is 0 Å². The van der Waals surface area contributed by atoms with Crippen LogP contribution in [0.5, 0.6) is 11.5 Å². The number of benzene rings is 2. The van der Waals surface area contributed by atoms with Crippen LogP contribution in [0.1, 0.15) is 37.3 Å². The van der Waals surface area contributed by atoms with Gasteiger partial charge in [-0.1, -0.05) is 38.1 Å². The molecule has 2 aliphatic heterocycles. The number of piperazine rings is 1. The van der Waals surface area contributed by atoms with E-state index in [0.717, 1.165) is 56.3 Å². The van der Waals surface area contributed by atoms with Gasteiger partial charge in [0, 0.05) is 38.4 Å². The van der Waals surface area contributed by atoms with Crippen molar-refractivity contribution in [1.29, 1.82) is 0 Å². The van der Waals surface area contributed by atoms with Crippen LogP contribution in [0.3, 0.4) is 0 Å². The number of hydrogen-bond acceptors (Lipinski definition) is 5. The summed E-state index contributed by atoms with van der Waals surface area (Å²) >= 11 is 0. The lowest BCUT2D eigenvalue weighted by Crippen LogP contribution is -2.48. The van der Waals surface area contributed by atoms with Crippen LogP contribution in [0.2, 0.25) is 0 Å². The minimum absolute atomic E-state index is 0.0648. The van der Waals surface area contributed by atoms with E-state index in [9.17, 15) is 4.79 Å². The number of nitrogens with zero attached hydrogens (tertiary/aromatic N) is 2. The molecule has 4 rings (SSSR count). The first-order valence-corrected chi connectivity index (χ1v) is 10.8. The molecule has 1 saturated heterocycles. The van der Waals surface area contributed by atoms with Gasteiger partial charge in [0.05, 0.1) is 6.54 Å². The van der Waals surface area contributed by atoms with Crippen LogP contribution in [-0.2, 0) is 11.3 Å². The summed E-state index contributed by atoms with van der Waals surface area (Å²) in [5.41, 5.74) is 3.38. The molecule has 160 valence electrons. The van der Waals surface area contributed by atoms with Gasteiger partial charge >= 0.3 is 0 Å². The highest BCUT2D eigenvalue weighted by atomic mass is 16.7. The first-order chi connectivity index (χ1) is 14.6. The molecule has 6 heteroatoms. The molecule has 2 aromatic carbocycles. The SMILES string of the molecule is CC[C@H](C)c1ccccc1NC(=O)CN1CCN(Cc2ccc3c(c2)OCO3)CC1. The van der Waals surface area contributed by atoms with E-state index in [4.69, 9.17) is 9.47 Å². The monoisotopic (exact) mass is 409 g/mol. The van der Waals surface area contributed by atoms with E-state index in [1.54, 1.807) is 0 Å². The van der Waals surface area contributed by atoms with Gasteiger partial charge in [0.2, 0.25) is 12.7 Å². The second kappa shape index (κ2) is 9.49. The molecule has 30 heavy (non-hydrogen) atoms. The third kappa shape index (κ3) is 4.94. The number of carbonyl (C=O) groups excluding carboxylic acids is 1. The number of carbonyl (C=O) groups is 1. The highest BCUT2D eigenvalue weighted by molar-refractivity contribution is 5.93. The van der Waals surface area contributed by atoms with Crippen molar-refractivity contribution in [3.8, 4) is 11.5 Å². The Bertz CT molecular complexity index is 878. The Labute approximate surface area is 178 Å². The van der Waals surface area contributed by atoms with Gasteiger partial charge in [0.25, 0.3) is 0 Å². The maximum Gasteiger partial charge on any atom is 0.238 e. The average molecular weight is 410 g/mol. The predicted octanol–water partition coefficient (Wildman–Crippen LogP) is 3.69. The molecular weight excluding hydrogens is 378 g/mol. The Hall–Kier alpha value is -2.57. The molecule has 2 heterocycles. The largest absolute Gasteiger partial charge is 0.454 e. The molecule has 1 N–H and O–H groups in total. The van der Waals surface area contributed by atoms with E-state index >= 15 is 0 Å². The van der Waals surface area contributed by atoms with Crippen LogP contribution < -0.4 is 14.8 Å². The Morgan fingerprint density at radius 3 is 2.57 bits per heavy atom. The van der Waals surface area contributed by atoms with E-state index in [-0.39, 0.29) is 5.91 Å². The first-order valence-electron chi connectivity index (χ1n) is 10.8. The van der Waals surface area contributed by atoms with Gasteiger partial charge in [-0.05, 0) is 41.7 Å². The van der Waals surface area contributed by atoms with Crippen molar-refractivity contribution in [3.63, 3.8) is 0 Å². The molecule has 0 bridgehead atoms. The Morgan fingerprint density at radius 1 is 1.03 bits per heavy atom. The third-order valence-electron chi connectivity index (χ3n) is 6.05. The van der Waals surface area contributed by atoms with Crippen LogP contribution in [0.15, 0.2) is 42.5 Å². The van der Waals surface area contributed by atoms with E-state index in [2.05, 4.69) is 47.2 Å². The number of hydrogen-bond donors (Lipinski definition) is 1. The minimum Gasteiger partial charge on any atom is -0.454 e. The zero-order chi connectivity index (χ0) is 20.9. The van der Waals surface area contributed by atoms with Crippen molar-refractivity contribution in [2.45, 2.75) is 32.7 Å². The quantitative estimate of drug-likeness (QED) is 0.756. The van der Waals surface area contributed by atoms with E-state index in [1.807, 2.05) is 24.3 Å². The summed E-state index contributed by atoms with van der Waals surface area (Å²) in [7, 11) is 0. The maximum atomic E-state index is 12.6. The molecule has 1 amide bonds. The van der Waals surface area contributed by atoms with Crippen molar-refractivity contribution in [1.82, 2.24) is 9.80 Å². The van der Waals surface area contributed by atoms with Crippen molar-refractivity contribution in [3.05, 3.63) is 53.6 Å². The Balaban J connectivity index is 1.25. The molecule has 0 radical (unpaired) electrons. The van der Waals surface area contributed by atoms with Crippen LogP contribution in [0.25, 0.3) is 0 Å². The highest BCUT2D eigenvalue weighted by Crippen LogP contribution is 2.33. The third-order valence-corrected chi connectivity index (χ3v) is 6.05. The second-order valence-corrected chi connectivity index (χ2v) is 8.18. The van der Waals surface area contributed by atoms with E-state index < -0.39 is 0 Å². The molecule has 2 aliphatic rings. The minimum atomic E-state index is 0.0648. The molecule has 6 nitrogen and oxygen atoms in total.